The van der Waals surface area contributed by atoms with Crippen molar-refractivity contribution in [3.05, 3.63) is 94.9 Å². The third-order valence-electron chi connectivity index (χ3n) is 6.98. The van der Waals surface area contributed by atoms with Crippen molar-refractivity contribution in [2.24, 2.45) is 0 Å². The molecule has 40 heavy (non-hydrogen) atoms. The van der Waals surface area contributed by atoms with E-state index in [0.717, 1.165) is 37.2 Å². The predicted molar refractivity (Wildman–Crippen MR) is 151 cm³/mol. The Morgan fingerprint density at radius 3 is 2.38 bits per heavy atom. The van der Waals surface area contributed by atoms with Crippen LogP contribution in [0.5, 0.6) is 5.75 Å². The first-order chi connectivity index (χ1) is 19.4. The van der Waals surface area contributed by atoms with Crippen molar-refractivity contribution in [3.63, 3.8) is 0 Å². The van der Waals surface area contributed by atoms with E-state index in [0.29, 0.717) is 22.6 Å². The van der Waals surface area contributed by atoms with Crippen molar-refractivity contribution in [2.75, 3.05) is 17.7 Å². The number of aromatic nitrogens is 1. The van der Waals surface area contributed by atoms with Gasteiger partial charge in [0, 0.05) is 17.3 Å². The van der Waals surface area contributed by atoms with Gasteiger partial charge in [-0.05, 0) is 84.5 Å². The molecule has 3 N–H and O–H groups in total. The van der Waals surface area contributed by atoms with E-state index in [9.17, 15) is 18.4 Å². The molecular weight excluding hydrogens is 534 g/mol. The Bertz CT molecular complexity index is 1500. The van der Waals surface area contributed by atoms with Gasteiger partial charge in [-0.1, -0.05) is 31.0 Å². The molecule has 1 atom stereocenters. The van der Waals surface area contributed by atoms with Crippen molar-refractivity contribution in [1.82, 2.24) is 9.69 Å². The Labute approximate surface area is 234 Å². The van der Waals surface area contributed by atoms with Gasteiger partial charge in [0.1, 0.15) is 34.0 Å². The number of nitrogens with one attached hydrogen (secondary N) is 1. The number of hydrogen-bond acceptors (Lipinski definition) is 6. The van der Waals surface area contributed by atoms with Crippen LogP contribution < -0.4 is 20.7 Å². The van der Waals surface area contributed by atoms with Gasteiger partial charge in [-0.2, -0.15) is 4.37 Å². The minimum Gasteiger partial charge on any atom is -0.497 e. The van der Waals surface area contributed by atoms with Crippen LogP contribution >= 0.6 is 11.5 Å². The summed E-state index contributed by atoms with van der Waals surface area (Å²) in [5, 5.41) is 3.09. The number of halogens is 2. The van der Waals surface area contributed by atoms with Crippen LogP contribution in [0.15, 0.2) is 72.8 Å². The monoisotopic (exact) mass is 562 g/mol. The summed E-state index contributed by atoms with van der Waals surface area (Å²) in [6, 6.07) is 16.8. The molecule has 5 rings (SSSR count). The maximum atomic E-state index is 14.5. The average Bonchev–Trinajstić information content (AvgIpc) is 3.61. The molecule has 0 spiro atoms. The quantitative estimate of drug-likeness (QED) is 0.269. The standard InChI is InChI=1S/C30H28F2N4O3S/c1-39-24-15-11-19(12-16-24)27(29(37)34-22-6-2-3-7-22)36(23-8-4-5-21(32)17-23)30(38)28-25(33)26(35-40-28)18-9-13-20(31)14-10-18/h4-5,8-17,22,27H,2-3,6-7,33H2,1H3,(H,34,37)/t27-/m0/s1. The number of carbonyl (C=O) groups excluding carboxylic acids is 2. The van der Waals surface area contributed by atoms with Crippen molar-refractivity contribution in [2.45, 2.75) is 37.8 Å². The minimum absolute atomic E-state index is 0.0173. The molecule has 1 aliphatic carbocycles. The Morgan fingerprint density at radius 2 is 1.73 bits per heavy atom. The number of nitrogen functional groups attached to an aromatic ring is 1. The molecule has 4 aromatic rings. The van der Waals surface area contributed by atoms with Gasteiger partial charge in [0.25, 0.3) is 5.91 Å². The smallest absolute Gasteiger partial charge is 0.273 e. The van der Waals surface area contributed by atoms with Crippen molar-refractivity contribution in [3.8, 4) is 17.0 Å². The van der Waals surface area contributed by atoms with Crippen LogP contribution in [0, 0.1) is 11.6 Å². The van der Waals surface area contributed by atoms with E-state index >= 15 is 0 Å². The van der Waals surface area contributed by atoms with Crippen LogP contribution in [0.3, 0.4) is 0 Å². The molecule has 1 saturated carbocycles. The first-order valence-electron chi connectivity index (χ1n) is 12.9. The molecule has 2 amide bonds. The van der Waals surface area contributed by atoms with Crippen molar-refractivity contribution < 1.29 is 23.1 Å². The summed E-state index contributed by atoms with van der Waals surface area (Å²) >= 11 is 0.868. The van der Waals surface area contributed by atoms with Crippen LogP contribution in [0.25, 0.3) is 11.3 Å². The van der Waals surface area contributed by atoms with E-state index in [1.165, 1.54) is 54.5 Å². The number of ether oxygens (including phenoxy) is 1. The summed E-state index contributed by atoms with van der Waals surface area (Å²) in [4.78, 5) is 29.5. The lowest BCUT2D eigenvalue weighted by Crippen LogP contribution is -2.46. The number of methoxy groups -OCH3 is 1. The highest BCUT2D eigenvalue weighted by atomic mass is 32.1. The Hall–Kier alpha value is -4.31. The fourth-order valence-electron chi connectivity index (χ4n) is 4.94. The summed E-state index contributed by atoms with van der Waals surface area (Å²) in [7, 11) is 1.53. The predicted octanol–water partition coefficient (Wildman–Crippen LogP) is 6.13. The second kappa shape index (κ2) is 11.8. The van der Waals surface area contributed by atoms with E-state index in [4.69, 9.17) is 10.5 Å². The lowest BCUT2D eigenvalue weighted by Gasteiger charge is -2.32. The molecule has 1 aliphatic rings. The third-order valence-corrected chi connectivity index (χ3v) is 7.84. The molecule has 3 aromatic carbocycles. The van der Waals surface area contributed by atoms with Crippen LogP contribution in [0.2, 0.25) is 0 Å². The lowest BCUT2D eigenvalue weighted by atomic mass is 10.0. The molecule has 7 nitrogen and oxygen atoms in total. The molecule has 1 aromatic heterocycles. The van der Waals surface area contributed by atoms with Gasteiger partial charge in [-0.15, -0.1) is 0 Å². The zero-order chi connectivity index (χ0) is 28.2. The highest BCUT2D eigenvalue weighted by Crippen LogP contribution is 2.37. The topological polar surface area (TPSA) is 97.5 Å². The largest absolute Gasteiger partial charge is 0.497 e. The number of hydrogen-bond donors (Lipinski definition) is 2. The van der Waals surface area contributed by atoms with Gasteiger partial charge >= 0.3 is 0 Å². The molecule has 0 unspecified atom stereocenters. The maximum absolute atomic E-state index is 14.5. The average molecular weight is 563 g/mol. The van der Waals surface area contributed by atoms with E-state index in [-0.39, 0.29) is 22.3 Å². The van der Waals surface area contributed by atoms with Gasteiger partial charge in [-0.3, -0.25) is 14.5 Å². The third kappa shape index (κ3) is 5.67. The Balaban J connectivity index is 1.61. The first-order valence-corrected chi connectivity index (χ1v) is 13.7. The summed E-state index contributed by atoms with van der Waals surface area (Å²) in [6.45, 7) is 0. The van der Waals surface area contributed by atoms with Gasteiger partial charge in [0.2, 0.25) is 5.91 Å². The lowest BCUT2D eigenvalue weighted by molar-refractivity contribution is -0.123. The number of rotatable bonds is 8. The first kappa shape index (κ1) is 27.3. The molecule has 0 saturated heterocycles. The van der Waals surface area contributed by atoms with Gasteiger partial charge in [0.15, 0.2) is 0 Å². The van der Waals surface area contributed by atoms with Crippen LogP contribution in [-0.4, -0.2) is 29.3 Å². The molecule has 1 heterocycles. The number of benzene rings is 3. The van der Waals surface area contributed by atoms with Crippen LogP contribution in [-0.2, 0) is 4.79 Å². The molecule has 206 valence electrons. The molecule has 0 aliphatic heterocycles. The van der Waals surface area contributed by atoms with Crippen LogP contribution in [0.1, 0.15) is 47.0 Å². The maximum Gasteiger partial charge on any atom is 0.273 e. The van der Waals surface area contributed by atoms with Crippen LogP contribution in [0.4, 0.5) is 20.2 Å². The van der Waals surface area contributed by atoms with Gasteiger partial charge in [-0.25, -0.2) is 8.78 Å². The molecule has 1 fully saturated rings. The summed E-state index contributed by atoms with van der Waals surface area (Å²) in [5.74, 6) is -1.41. The SMILES string of the molecule is COc1ccc([C@@H](C(=O)NC2CCCC2)N(C(=O)c2snc(-c3ccc(F)cc3)c2N)c2cccc(F)c2)cc1. The zero-order valence-electron chi connectivity index (χ0n) is 21.8. The fourth-order valence-corrected chi connectivity index (χ4v) is 5.70. The second-order valence-electron chi connectivity index (χ2n) is 9.60. The second-order valence-corrected chi connectivity index (χ2v) is 10.4. The molecule has 10 heteroatoms. The summed E-state index contributed by atoms with van der Waals surface area (Å²) in [6.07, 6.45) is 3.71. The number of nitrogens with zero attached hydrogens (tertiary/aromatic N) is 2. The summed E-state index contributed by atoms with van der Waals surface area (Å²) < 4.78 is 37.7. The van der Waals surface area contributed by atoms with Gasteiger partial charge in [0.05, 0.1) is 12.8 Å². The molecule has 0 bridgehead atoms. The van der Waals surface area contributed by atoms with E-state index in [2.05, 4.69) is 9.69 Å². The van der Waals surface area contributed by atoms with E-state index in [1.807, 2.05) is 0 Å². The normalized spacial score (nSPS) is 14.1. The number of amides is 2. The van der Waals surface area contributed by atoms with Gasteiger partial charge < -0.3 is 15.8 Å². The highest BCUT2D eigenvalue weighted by molar-refractivity contribution is 7.09. The Kier molecular flexibility index (Phi) is 8.06. The van der Waals surface area contributed by atoms with Crippen molar-refractivity contribution in [1.29, 1.82) is 0 Å². The highest BCUT2D eigenvalue weighted by Gasteiger charge is 2.37. The van der Waals surface area contributed by atoms with Crippen molar-refractivity contribution >= 4 is 34.7 Å². The number of carbonyl (C=O) groups is 2. The summed E-state index contributed by atoms with van der Waals surface area (Å²) in [5.41, 5.74) is 8.07. The molecular formula is C30H28F2N4O3S. The zero-order valence-corrected chi connectivity index (χ0v) is 22.6. The number of nitrogens with two attached hydrogens (primary N) is 1. The minimum atomic E-state index is -1.14. The Morgan fingerprint density at radius 1 is 1.02 bits per heavy atom. The van der Waals surface area contributed by atoms with E-state index < -0.39 is 29.5 Å². The number of anilines is 2. The molecule has 0 radical (unpaired) electrons. The fraction of sp³-hybridized carbons (Fsp3) is 0.233. The van der Waals surface area contributed by atoms with E-state index in [1.54, 1.807) is 30.3 Å².